The van der Waals surface area contributed by atoms with E-state index < -0.39 is 0 Å². The number of aromatic nitrogens is 1. The van der Waals surface area contributed by atoms with Crippen LogP contribution in [0, 0.1) is 6.92 Å². The lowest BCUT2D eigenvalue weighted by atomic mass is 10.1. The van der Waals surface area contributed by atoms with Crippen molar-refractivity contribution in [2.75, 3.05) is 26.3 Å². The summed E-state index contributed by atoms with van der Waals surface area (Å²) in [5, 5.41) is 26.4. The molecular weight excluding hydrogens is 434 g/mol. The van der Waals surface area contributed by atoms with E-state index in [-0.39, 0.29) is 54.6 Å². The van der Waals surface area contributed by atoms with Crippen molar-refractivity contribution in [2.45, 2.75) is 38.0 Å². The summed E-state index contributed by atoms with van der Waals surface area (Å²) in [6, 6.07) is 5.77. The number of pyridine rings is 1. The van der Waals surface area contributed by atoms with Crippen LogP contribution in [0.3, 0.4) is 0 Å². The van der Waals surface area contributed by atoms with E-state index in [1.807, 2.05) is 19.1 Å². The monoisotopic (exact) mass is 463 g/mol. The summed E-state index contributed by atoms with van der Waals surface area (Å²) in [4.78, 5) is 47.6. The Labute approximate surface area is 190 Å². The lowest BCUT2D eigenvalue weighted by Gasteiger charge is -2.34. The summed E-state index contributed by atoms with van der Waals surface area (Å²) in [6.45, 7) is 3.68. The third kappa shape index (κ3) is 6.60. The highest BCUT2D eigenvalue weighted by Gasteiger charge is 2.37. The lowest BCUT2D eigenvalue weighted by Crippen LogP contribution is -2.46. The molecule has 2 saturated heterocycles. The third-order valence-corrected chi connectivity index (χ3v) is 5.64. The van der Waals surface area contributed by atoms with Gasteiger partial charge < -0.3 is 30.4 Å². The van der Waals surface area contributed by atoms with E-state index >= 15 is 0 Å². The zero-order valence-electron chi connectivity index (χ0n) is 18.3. The van der Waals surface area contributed by atoms with Gasteiger partial charge in [0.25, 0.3) is 18.9 Å². The van der Waals surface area contributed by atoms with E-state index in [0.29, 0.717) is 18.4 Å². The van der Waals surface area contributed by atoms with Crippen LogP contribution in [-0.4, -0.2) is 88.5 Å². The molecule has 11 nitrogen and oxygen atoms in total. The first kappa shape index (κ1) is 26.0. The fourth-order valence-electron chi connectivity index (χ4n) is 4.20. The largest absolute Gasteiger partial charge is 0.483 e. The number of ether oxygens (including phenoxy) is 1. The maximum absolute atomic E-state index is 12.7. The number of benzene rings is 1. The van der Waals surface area contributed by atoms with Gasteiger partial charge in [0.15, 0.2) is 0 Å². The number of aliphatic hydroxyl groups excluding tert-OH is 1. The summed E-state index contributed by atoms with van der Waals surface area (Å²) in [7, 11) is 0. The third-order valence-electron chi connectivity index (χ3n) is 5.64. The smallest absolute Gasteiger partial charge is 0.290 e. The molecule has 3 atom stereocenters. The molecule has 0 saturated carbocycles. The van der Waals surface area contributed by atoms with Gasteiger partial charge in [-0.05, 0) is 31.4 Å². The van der Waals surface area contributed by atoms with Crippen LogP contribution in [0.4, 0.5) is 0 Å². The topological polar surface area (TPSA) is 169 Å². The van der Waals surface area contributed by atoms with Gasteiger partial charge in [-0.3, -0.25) is 24.1 Å². The maximum atomic E-state index is 12.7. The molecule has 2 aliphatic heterocycles. The standard InChI is InChI=1S/C20H25N3O4.2CH2O2/c1-12-3-2-4-16-18(12)21-8-17(19(16)25)20(26)22-13-7-14-11-27-15(5-6-24)10-23(14)9-13;2*2-1-3/h2-4,8,13-15,24H,5-7,9-11H2,1H3,(H,21,25)(H,22,26);2*1H,(H,2,3)/t13-,14-,15-;;/m0../s1. The fourth-order valence-corrected chi connectivity index (χ4v) is 4.20. The highest BCUT2D eigenvalue weighted by atomic mass is 16.5. The second-order valence-electron chi connectivity index (χ2n) is 7.72. The molecule has 33 heavy (non-hydrogen) atoms. The van der Waals surface area contributed by atoms with Gasteiger partial charge in [0.05, 0.1) is 18.2 Å². The number of aryl methyl sites for hydroxylation is 1. The quantitative estimate of drug-likeness (QED) is 0.397. The Balaban J connectivity index is 0.000000582. The molecule has 2 aromatic rings. The minimum absolute atomic E-state index is 0.00779. The van der Waals surface area contributed by atoms with Crippen LogP contribution in [0.15, 0.2) is 29.2 Å². The Bertz CT molecular complexity index is 1000. The molecule has 0 bridgehead atoms. The van der Waals surface area contributed by atoms with Crippen molar-refractivity contribution in [1.82, 2.24) is 15.2 Å². The average molecular weight is 463 g/mol. The molecule has 0 unspecified atom stereocenters. The average Bonchev–Trinajstić information content (AvgIpc) is 3.17. The van der Waals surface area contributed by atoms with Gasteiger partial charge in [0.2, 0.25) is 5.43 Å². The van der Waals surface area contributed by atoms with Crippen molar-refractivity contribution in [3.8, 4) is 0 Å². The number of carbonyl (C=O) groups excluding carboxylic acids is 1. The molecule has 1 aromatic carbocycles. The zero-order chi connectivity index (χ0) is 24.4. The molecule has 180 valence electrons. The van der Waals surface area contributed by atoms with E-state index in [1.54, 1.807) is 6.07 Å². The molecule has 1 aromatic heterocycles. The first-order valence-corrected chi connectivity index (χ1v) is 10.4. The minimum Gasteiger partial charge on any atom is -0.483 e. The number of para-hydroxylation sites is 1. The Morgan fingerprint density at radius 3 is 2.64 bits per heavy atom. The van der Waals surface area contributed by atoms with Crippen LogP contribution in [0.25, 0.3) is 10.9 Å². The SMILES string of the molecule is Cc1cccc2c(=O)c(C(=O)N[C@H]3C[C@H]4CO[C@@H](CCO)CN4C3)c[nH]c12.O=CO.O=CO. The molecule has 2 aliphatic rings. The molecule has 4 rings (SSSR count). The Morgan fingerprint density at radius 2 is 1.97 bits per heavy atom. The van der Waals surface area contributed by atoms with Gasteiger partial charge in [0.1, 0.15) is 5.56 Å². The molecule has 0 aliphatic carbocycles. The second kappa shape index (κ2) is 12.7. The number of rotatable bonds is 4. The van der Waals surface area contributed by atoms with E-state index in [1.165, 1.54) is 6.20 Å². The Morgan fingerprint density at radius 1 is 1.27 bits per heavy atom. The van der Waals surface area contributed by atoms with Crippen molar-refractivity contribution >= 4 is 29.8 Å². The number of hydrogen-bond donors (Lipinski definition) is 5. The molecule has 3 heterocycles. The number of morpholine rings is 1. The van der Waals surface area contributed by atoms with Crippen LogP contribution in [0.2, 0.25) is 0 Å². The fraction of sp³-hybridized carbons (Fsp3) is 0.455. The highest BCUT2D eigenvalue weighted by molar-refractivity contribution is 5.97. The number of nitrogens with zero attached hydrogens (tertiary/aromatic N) is 1. The van der Waals surface area contributed by atoms with Crippen molar-refractivity contribution in [3.63, 3.8) is 0 Å². The van der Waals surface area contributed by atoms with Gasteiger partial charge in [0, 0.05) is 43.4 Å². The zero-order valence-corrected chi connectivity index (χ0v) is 18.3. The van der Waals surface area contributed by atoms with Crippen molar-refractivity contribution in [1.29, 1.82) is 0 Å². The Kier molecular flexibility index (Phi) is 9.98. The van der Waals surface area contributed by atoms with Crippen LogP contribution in [0.1, 0.15) is 28.8 Å². The van der Waals surface area contributed by atoms with Gasteiger partial charge in [-0.2, -0.15) is 0 Å². The van der Waals surface area contributed by atoms with Gasteiger partial charge >= 0.3 is 0 Å². The second-order valence-corrected chi connectivity index (χ2v) is 7.72. The normalized spacial score (nSPS) is 21.6. The highest BCUT2D eigenvalue weighted by Crippen LogP contribution is 2.24. The summed E-state index contributed by atoms with van der Waals surface area (Å²) in [5.74, 6) is -0.336. The molecule has 1 amide bonds. The predicted molar refractivity (Wildman–Crippen MR) is 119 cm³/mol. The number of hydrogen-bond acceptors (Lipinski definition) is 7. The number of fused-ring (bicyclic) bond motifs is 2. The van der Waals surface area contributed by atoms with Crippen LogP contribution >= 0.6 is 0 Å². The van der Waals surface area contributed by atoms with Gasteiger partial charge in [-0.15, -0.1) is 0 Å². The number of aromatic amines is 1. The summed E-state index contributed by atoms with van der Waals surface area (Å²) < 4.78 is 5.78. The summed E-state index contributed by atoms with van der Waals surface area (Å²) in [6.07, 6.45) is 3.00. The summed E-state index contributed by atoms with van der Waals surface area (Å²) >= 11 is 0. The number of nitrogens with one attached hydrogen (secondary N) is 2. The van der Waals surface area contributed by atoms with E-state index in [4.69, 9.17) is 29.6 Å². The van der Waals surface area contributed by atoms with E-state index in [9.17, 15) is 9.59 Å². The molecule has 2 fully saturated rings. The number of aliphatic hydroxyl groups is 1. The van der Waals surface area contributed by atoms with Gasteiger partial charge in [-0.1, -0.05) is 12.1 Å². The maximum Gasteiger partial charge on any atom is 0.290 e. The summed E-state index contributed by atoms with van der Waals surface area (Å²) in [5.41, 5.74) is 1.64. The van der Waals surface area contributed by atoms with Crippen LogP contribution in [-0.2, 0) is 14.3 Å². The van der Waals surface area contributed by atoms with Crippen molar-refractivity contribution in [2.24, 2.45) is 0 Å². The number of carbonyl (C=O) groups is 3. The number of carboxylic acid groups (broad SMARTS) is 2. The predicted octanol–water partition coefficient (Wildman–Crippen LogP) is 0.192. The molecule has 5 N–H and O–H groups in total. The van der Waals surface area contributed by atoms with E-state index in [0.717, 1.165) is 30.6 Å². The number of H-pyrrole nitrogens is 1. The minimum atomic E-state index is -0.336. The van der Waals surface area contributed by atoms with Gasteiger partial charge in [-0.25, -0.2) is 0 Å². The molecule has 0 radical (unpaired) electrons. The molecule has 11 heteroatoms. The van der Waals surface area contributed by atoms with Crippen LogP contribution < -0.4 is 10.7 Å². The van der Waals surface area contributed by atoms with Crippen molar-refractivity contribution < 1.29 is 34.4 Å². The lowest BCUT2D eigenvalue weighted by molar-refractivity contribution is -0.123. The first-order valence-electron chi connectivity index (χ1n) is 10.4. The van der Waals surface area contributed by atoms with E-state index in [2.05, 4.69) is 15.2 Å². The Hall–Kier alpha value is -3.28. The van der Waals surface area contributed by atoms with Crippen molar-refractivity contribution in [3.05, 3.63) is 45.7 Å². The number of amides is 1. The molecular formula is C22H29N3O8. The molecule has 0 spiro atoms. The first-order chi connectivity index (χ1) is 15.9. The van der Waals surface area contributed by atoms with Crippen LogP contribution in [0.5, 0.6) is 0 Å².